The Balaban J connectivity index is 2.47. The highest BCUT2D eigenvalue weighted by atomic mass is 35.5. The van der Waals surface area contributed by atoms with E-state index in [1.807, 2.05) is 31.2 Å². The Labute approximate surface area is 131 Å². The number of nitrogens with zero attached hydrogens (tertiary/aromatic N) is 1. The van der Waals surface area contributed by atoms with Gasteiger partial charge < -0.3 is 10.6 Å². The summed E-state index contributed by atoms with van der Waals surface area (Å²) in [5.41, 5.74) is 1.06. The van der Waals surface area contributed by atoms with Crippen LogP contribution in [0.3, 0.4) is 0 Å². The number of sulfone groups is 1. The van der Waals surface area contributed by atoms with E-state index in [4.69, 9.17) is 11.6 Å². The molecule has 0 unspecified atom stereocenters. The van der Waals surface area contributed by atoms with E-state index in [1.165, 1.54) is 6.26 Å². The van der Waals surface area contributed by atoms with Crippen molar-refractivity contribution in [1.82, 2.24) is 10.6 Å². The standard InChI is InChI=1S/C14H22ClN3O2S/c1-3-16-14(17-9-4-10-21(2,19)20)18-11-12-5-7-13(15)8-6-12/h5-8H,3-4,9-11H2,1-2H3,(H2,16,17,18). The predicted molar refractivity (Wildman–Crippen MR) is 88.6 cm³/mol. The Bertz CT molecular complexity index is 556. The van der Waals surface area contributed by atoms with Crippen molar-refractivity contribution in [3.63, 3.8) is 0 Å². The lowest BCUT2D eigenvalue weighted by Crippen LogP contribution is -2.38. The molecule has 118 valence electrons. The summed E-state index contributed by atoms with van der Waals surface area (Å²) >= 11 is 5.84. The second-order valence-corrected chi connectivity index (χ2v) is 7.43. The highest BCUT2D eigenvalue weighted by Crippen LogP contribution is 2.10. The number of nitrogens with one attached hydrogen (secondary N) is 2. The van der Waals surface area contributed by atoms with Gasteiger partial charge in [-0.25, -0.2) is 13.4 Å². The molecule has 0 heterocycles. The van der Waals surface area contributed by atoms with Crippen molar-refractivity contribution in [1.29, 1.82) is 0 Å². The minimum absolute atomic E-state index is 0.177. The zero-order valence-corrected chi connectivity index (χ0v) is 14.0. The molecule has 0 fully saturated rings. The third-order valence-electron chi connectivity index (χ3n) is 2.66. The second kappa shape index (κ2) is 8.89. The molecule has 0 amide bonds. The second-order valence-electron chi connectivity index (χ2n) is 4.73. The lowest BCUT2D eigenvalue weighted by atomic mass is 10.2. The maximum absolute atomic E-state index is 11.1. The lowest BCUT2D eigenvalue weighted by molar-refractivity contribution is 0.598. The van der Waals surface area contributed by atoms with Gasteiger partial charge in [0.2, 0.25) is 0 Å². The van der Waals surface area contributed by atoms with E-state index in [2.05, 4.69) is 15.6 Å². The smallest absolute Gasteiger partial charge is 0.191 e. The van der Waals surface area contributed by atoms with Gasteiger partial charge >= 0.3 is 0 Å². The molecule has 2 N–H and O–H groups in total. The van der Waals surface area contributed by atoms with Gasteiger partial charge in [-0.1, -0.05) is 23.7 Å². The Hall–Kier alpha value is -1.27. The maximum Gasteiger partial charge on any atom is 0.191 e. The van der Waals surface area contributed by atoms with Crippen LogP contribution < -0.4 is 10.6 Å². The molecule has 0 bridgehead atoms. The van der Waals surface area contributed by atoms with Crippen LogP contribution in [0.4, 0.5) is 0 Å². The first-order chi connectivity index (χ1) is 9.90. The summed E-state index contributed by atoms with van der Waals surface area (Å²) in [6.07, 6.45) is 1.80. The zero-order valence-electron chi connectivity index (χ0n) is 12.4. The van der Waals surface area contributed by atoms with E-state index in [0.717, 1.165) is 12.1 Å². The SMILES string of the molecule is CCNC(=NCc1ccc(Cl)cc1)NCCCS(C)(=O)=O. The van der Waals surface area contributed by atoms with Crippen LogP contribution in [0.1, 0.15) is 18.9 Å². The maximum atomic E-state index is 11.1. The molecule has 21 heavy (non-hydrogen) atoms. The number of guanidine groups is 1. The number of benzene rings is 1. The van der Waals surface area contributed by atoms with E-state index in [-0.39, 0.29) is 5.75 Å². The molecule has 0 saturated carbocycles. The summed E-state index contributed by atoms with van der Waals surface area (Å²) in [7, 11) is -2.91. The molecule has 0 spiro atoms. The molecule has 7 heteroatoms. The number of halogens is 1. The molecule has 0 atom stereocenters. The average Bonchev–Trinajstić information content (AvgIpc) is 2.41. The van der Waals surface area contributed by atoms with Crippen molar-refractivity contribution in [3.8, 4) is 0 Å². The largest absolute Gasteiger partial charge is 0.357 e. The molecular formula is C14H22ClN3O2S. The van der Waals surface area contributed by atoms with Gasteiger partial charge in [-0.05, 0) is 31.0 Å². The molecule has 0 aromatic heterocycles. The highest BCUT2D eigenvalue weighted by Gasteiger charge is 2.02. The Morgan fingerprint density at radius 3 is 2.48 bits per heavy atom. The first kappa shape index (κ1) is 17.8. The normalized spacial score (nSPS) is 12.2. The molecule has 0 aliphatic rings. The predicted octanol–water partition coefficient (Wildman–Crippen LogP) is 1.83. The van der Waals surface area contributed by atoms with Crippen LogP contribution in [0, 0.1) is 0 Å². The number of hydrogen-bond acceptors (Lipinski definition) is 3. The summed E-state index contributed by atoms with van der Waals surface area (Å²) in [5, 5.41) is 6.95. The topological polar surface area (TPSA) is 70.6 Å². The van der Waals surface area contributed by atoms with Gasteiger partial charge in [-0.2, -0.15) is 0 Å². The zero-order chi connectivity index (χ0) is 15.7. The highest BCUT2D eigenvalue weighted by molar-refractivity contribution is 7.90. The van der Waals surface area contributed by atoms with E-state index in [9.17, 15) is 8.42 Å². The van der Waals surface area contributed by atoms with Gasteiger partial charge in [0.05, 0.1) is 12.3 Å². The molecule has 1 aromatic rings. The minimum atomic E-state index is -2.91. The van der Waals surface area contributed by atoms with Gasteiger partial charge in [-0.3, -0.25) is 0 Å². The van der Waals surface area contributed by atoms with Crippen molar-refractivity contribution in [2.45, 2.75) is 19.9 Å². The molecule has 5 nitrogen and oxygen atoms in total. The third-order valence-corrected chi connectivity index (χ3v) is 3.94. The Morgan fingerprint density at radius 2 is 1.90 bits per heavy atom. The van der Waals surface area contributed by atoms with Crippen LogP contribution in [0.15, 0.2) is 29.3 Å². The van der Waals surface area contributed by atoms with Crippen molar-refractivity contribution in [2.24, 2.45) is 4.99 Å². The molecule has 0 radical (unpaired) electrons. The Kier molecular flexibility index (Phi) is 7.53. The van der Waals surface area contributed by atoms with Crippen LogP contribution in [0.25, 0.3) is 0 Å². The van der Waals surface area contributed by atoms with Crippen LogP contribution in [-0.2, 0) is 16.4 Å². The molecule has 0 saturated heterocycles. The van der Waals surface area contributed by atoms with Gasteiger partial charge in [0.1, 0.15) is 9.84 Å². The van der Waals surface area contributed by atoms with Gasteiger partial charge in [0, 0.05) is 24.4 Å². The van der Waals surface area contributed by atoms with Crippen LogP contribution in [0.5, 0.6) is 0 Å². The molecule has 1 aromatic carbocycles. The molecule has 1 rings (SSSR count). The van der Waals surface area contributed by atoms with Gasteiger partial charge in [0.15, 0.2) is 5.96 Å². The summed E-state index contributed by atoms with van der Waals surface area (Å²) in [4.78, 5) is 4.45. The summed E-state index contributed by atoms with van der Waals surface area (Å²) in [5.74, 6) is 0.859. The monoisotopic (exact) mass is 331 g/mol. The van der Waals surface area contributed by atoms with Crippen molar-refractivity contribution in [2.75, 3.05) is 25.1 Å². The fourth-order valence-electron chi connectivity index (χ4n) is 1.64. The van der Waals surface area contributed by atoms with Gasteiger partial charge in [-0.15, -0.1) is 0 Å². The van der Waals surface area contributed by atoms with E-state index < -0.39 is 9.84 Å². The van der Waals surface area contributed by atoms with Crippen LogP contribution in [-0.4, -0.2) is 39.5 Å². The summed E-state index contributed by atoms with van der Waals surface area (Å²) in [6.45, 7) is 3.84. The first-order valence-corrected chi connectivity index (χ1v) is 9.29. The molecule has 0 aliphatic carbocycles. The van der Waals surface area contributed by atoms with Crippen LogP contribution >= 0.6 is 11.6 Å². The van der Waals surface area contributed by atoms with E-state index in [0.29, 0.717) is 30.5 Å². The van der Waals surface area contributed by atoms with Gasteiger partial charge in [0.25, 0.3) is 0 Å². The quantitative estimate of drug-likeness (QED) is 0.454. The minimum Gasteiger partial charge on any atom is -0.357 e. The third kappa shape index (κ3) is 8.57. The van der Waals surface area contributed by atoms with Crippen molar-refractivity contribution < 1.29 is 8.42 Å². The number of hydrogen-bond donors (Lipinski definition) is 2. The van der Waals surface area contributed by atoms with E-state index in [1.54, 1.807) is 0 Å². The summed E-state index contributed by atoms with van der Waals surface area (Å²) < 4.78 is 22.1. The summed E-state index contributed by atoms with van der Waals surface area (Å²) in [6, 6.07) is 7.52. The first-order valence-electron chi connectivity index (χ1n) is 6.85. The fourth-order valence-corrected chi connectivity index (χ4v) is 2.44. The van der Waals surface area contributed by atoms with E-state index >= 15 is 0 Å². The van der Waals surface area contributed by atoms with Crippen molar-refractivity contribution in [3.05, 3.63) is 34.9 Å². The lowest BCUT2D eigenvalue weighted by Gasteiger charge is -2.11. The average molecular weight is 332 g/mol. The molecular weight excluding hydrogens is 310 g/mol. The van der Waals surface area contributed by atoms with Crippen LogP contribution in [0.2, 0.25) is 5.02 Å². The number of aliphatic imine (C=N–C) groups is 1. The Morgan fingerprint density at radius 1 is 1.24 bits per heavy atom. The number of rotatable bonds is 7. The molecule has 0 aliphatic heterocycles. The van der Waals surface area contributed by atoms with Crippen molar-refractivity contribution >= 4 is 27.4 Å². The fraction of sp³-hybridized carbons (Fsp3) is 0.500.